The van der Waals surface area contributed by atoms with Gasteiger partial charge in [-0.1, -0.05) is 92.1 Å². The van der Waals surface area contributed by atoms with Crippen LogP contribution in [0.15, 0.2) is 63.4 Å². The first-order valence-corrected chi connectivity index (χ1v) is 13.6. The van der Waals surface area contributed by atoms with E-state index in [1.807, 2.05) is 31.2 Å². The van der Waals surface area contributed by atoms with Gasteiger partial charge in [-0.3, -0.25) is 13.9 Å². The number of ketones is 1. The minimum absolute atomic E-state index is 0. The zero-order chi connectivity index (χ0) is 23.9. The van der Waals surface area contributed by atoms with Gasteiger partial charge in [-0.25, -0.2) is 0 Å². The van der Waals surface area contributed by atoms with Crippen molar-refractivity contribution in [1.29, 1.82) is 0 Å². The Bertz CT molecular complexity index is 1200. The molecule has 0 saturated heterocycles. The predicted octanol–water partition coefficient (Wildman–Crippen LogP) is 4.21. The van der Waals surface area contributed by atoms with E-state index in [0.29, 0.717) is 17.7 Å². The largest absolute Gasteiger partial charge is 1.00 e. The molecule has 2 aliphatic carbocycles. The van der Waals surface area contributed by atoms with Gasteiger partial charge in [0.1, 0.15) is 16.2 Å². The molecule has 0 aromatic heterocycles. The number of benzene rings is 2. The van der Waals surface area contributed by atoms with Gasteiger partial charge >= 0.3 is 29.6 Å². The number of aliphatic hydroxyl groups is 1. The van der Waals surface area contributed by atoms with Gasteiger partial charge in [0.05, 0.1) is 11.1 Å². The van der Waals surface area contributed by atoms with Crippen LogP contribution in [-0.2, 0) is 10.2 Å². The van der Waals surface area contributed by atoms with Crippen LogP contribution in [0.4, 0.5) is 5.69 Å². The summed E-state index contributed by atoms with van der Waals surface area (Å²) in [5, 5.41) is 14.3. The number of nitrogens with one attached hydrogen (secondary N) is 1. The average Bonchev–Trinajstić information content (AvgIpc) is 2.83. The summed E-state index contributed by atoms with van der Waals surface area (Å²) in [6.45, 7) is 1.94. The Morgan fingerprint density at radius 3 is 2.54 bits per heavy atom. The number of fused-ring (bicyclic) bond motifs is 2. The molecule has 0 bridgehead atoms. The van der Waals surface area contributed by atoms with Gasteiger partial charge in [-0.05, 0) is 37.0 Å². The normalized spacial score (nSPS) is 24.4. The zero-order valence-electron chi connectivity index (χ0n) is 21.5. The monoisotopic (exact) mass is 504 g/mol. The molecule has 5 rings (SSSR count). The van der Waals surface area contributed by atoms with E-state index in [1.165, 1.54) is 32.1 Å². The van der Waals surface area contributed by atoms with Gasteiger partial charge in [0.2, 0.25) is 0 Å². The fraction of sp³-hybridized carbons (Fsp3) is 0.407. The Morgan fingerprint density at radius 2 is 1.77 bits per heavy atom. The smallest absolute Gasteiger partial charge is 1.00 e. The number of amidine groups is 1. The first-order valence-electron chi connectivity index (χ1n) is 12.1. The standard InChI is InChI=1S/C27H32N2O4S.Na.H/c1-27(17-9-12-18-10-3-2-4-11-18)20-14-6-5-13-19(20)24(30)23(25(27)31)26-28-21-15-7-8-16-22(21)34(32,33)29-26;;/h5-8,13-16,18,30,32-33H,2-4,9-12,17H2,1H3,(H,28,29);;/q;+1;-1. The van der Waals surface area contributed by atoms with Gasteiger partial charge < -0.3 is 11.8 Å². The Kier molecular flexibility index (Phi) is 7.86. The third-order valence-corrected chi connectivity index (χ3v) is 9.03. The molecule has 1 aliphatic heterocycles. The van der Waals surface area contributed by atoms with Crippen molar-refractivity contribution in [1.82, 2.24) is 0 Å². The van der Waals surface area contributed by atoms with Crippen LogP contribution in [-0.4, -0.2) is 25.8 Å². The first kappa shape index (κ1) is 26.5. The van der Waals surface area contributed by atoms with Gasteiger partial charge in [0.25, 0.3) is 0 Å². The first-order chi connectivity index (χ1) is 16.3. The summed E-state index contributed by atoms with van der Waals surface area (Å²) in [5.41, 5.74) is 1.06. The van der Waals surface area contributed by atoms with Crippen LogP contribution in [0.25, 0.3) is 5.76 Å². The van der Waals surface area contributed by atoms with Crippen molar-refractivity contribution >= 4 is 33.8 Å². The van der Waals surface area contributed by atoms with E-state index in [-0.39, 0.29) is 58.8 Å². The maximum Gasteiger partial charge on any atom is 1.00 e. The number of aliphatic hydroxyl groups excluding tert-OH is 1. The van der Waals surface area contributed by atoms with E-state index in [2.05, 4.69) is 9.71 Å². The molecule has 3 aliphatic rings. The van der Waals surface area contributed by atoms with E-state index in [4.69, 9.17) is 0 Å². The minimum atomic E-state index is -3.51. The number of hydrogen-bond acceptors (Lipinski definition) is 6. The van der Waals surface area contributed by atoms with Crippen molar-refractivity contribution in [3.63, 3.8) is 0 Å². The molecule has 8 heteroatoms. The van der Waals surface area contributed by atoms with E-state index < -0.39 is 16.2 Å². The number of rotatable bonds is 5. The molecular formula is C27H33N2NaO4S. The van der Waals surface area contributed by atoms with Crippen LogP contribution in [0.3, 0.4) is 0 Å². The van der Waals surface area contributed by atoms with Crippen molar-refractivity contribution in [2.24, 2.45) is 10.3 Å². The van der Waals surface area contributed by atoms with Gasteiger partial charge in [0.15, 0.2) is 11.6 Å². The summed E-state index contributed by atoms with van der Waals surface area (Å²) in [5.74, 6) is 0.317. The maximum atomic E-state index is 14.0. The van der Waals surface area contributed by atoms with Crippen molar-refractivity contribution in [3.05, 3.63) is 65.2 Å². The molecule has 0 spiro atoms. The van der Waals surface area contributed by atoms with Gasteiger partial charge in [-0.15, -0.1) is 4.40 Å². The van der Waals surface area contributed by atoms with E-state index in [1.54, 1.807) is 24.3 Å². The van der Waals surface area contributed by atoms with E-state index >= 15 is 0 Å². The average molecular weight is 505 g/mol. The quantitative estimate of drug-likeness (QED) is 0.457. The van der Waals surface area contributed by atoms with Crippen LogP contribution < -0.4 is 34.9 Å². The van der Waals surface area contributed by atoms with Crippen molar-refractivity contribution < 1.29 is 50.0 Å². The Hall–Kier alpha value is -1.61. The predicted molar refractivity (Wildman–Crippen MR) is 139 cm³/mol. The fourth-order valence-corrected chi connectivity index (χ4v) is 6.91. The zero-order valence-corrected chi connectivity index (χ0v) is 23.3. The van der Waals surface area contributed by atoms with Crippen LogP contribution in [0.5, 0.6) is 0 Å². The molecule has 0 amide bonds. The molecule has 1 saturated carbocycles. The second-order valence-electron chi connectivity index (χ2n) is 9.91. The van der Waals surface area contributed by atoms with Crippen LogP contribution in [0.2, 0.25) is 0 Å². The molecule has 182 valence electrons. The molecule has 35 heavy (non-hydrogen) atoms. The number of carbonyl (C=O) groups is 1. The summed E-state index contributed by atoms with van der Waals surface area (Å²) >= 11 is 0. The van der Waals surface area contributed by atoms with Gasteiger partial charge in [-0.2, -0.15) is 0 Å². The molecule has 2 aromatic carbocycles. The molecule has 4 N–H and O–H groups in total. The Labute approximate surface area is 232 Å². The molecule has 2 aromatic rings. The molecular weight excluding hydrogens is 471 g/mol. The van der Waals surface area contributed by atoms with E-state index in [9.17, 15) is 19.0 Å². The van der Waals surface area contributed by atoms with Crippen LogP contribution in [0.1, 0.15) is 70.8 Å². The Morgan fingerprint density at radius 1 is 1.09 bits per heavy atom. The molecule has 1 unspecified atom stereocenters. The molecule has 1 heterocycles. The summed E-state index contributed by atoms with van der Waals surface area (Å²) < 4.78 is 25.5. The summed E-state index contributed by atoms with van der Waals surface area (Å²) in [6, 6.07) is 14.2. The number of hydrogen-bond donors (Lipinski definition) is 4. The number of nitrogens with zero attached hydrogens (tertiary/aromatic N) is 1. The van der Waals surface area contributed by atoms with Crippen molar-refractivity contribution in [2.45, 2.75) is 68.6 Å². The van der Waals surface area contributed by atoms with Gasteiger partial charge in [0, 0.05) is 5.56 Å². The molecule has 6 nitrogen and oxygen atoms in total. The van der Waals surface area contributed by atoms with Crippen molar-refractivity contribution in [3.8, 4) is 0 Å². The minimum Gasteiger partial charge on any atom is -1.00 e. The second-order valence-corrected chi connectivity index (χ2v) is 11.6. The summed E-state index contributed by atoms with van der Waals surface area (Å²) in [4.78, 5) is 14.3. The van der Waals surface area contributed by atoms with E-state index in [0.717, 1.165) is 24.3 Å². The number of carbonyl (C=O) groups excluding carboxylic acids is 1. The Balaban J connectivity index is 0.00000180. The third kappa shape index (κ3) is 4.87. The summed E-state index contributed by atoms with van der Waals surface area (Å²) in [6.07, 6.45) is 9.14. The fourth-order valence-electron chi connectivity index (χ4n) is 5.74. The number of para-hydroxylation sites is 1. The summed E-state index contributed by atoms with van der Waals surface area (Å²) in [7, 11) is -3.51. The molecule has 1 atom stereocenters. The number of anilines is 1. The second kappa shape index (κ2) is 10.4. The molecule has 1 fully saturated rings. The topological polar surface area (TPSA) is 102 Å². The molecule has 0 radical (unpaired) electrons. The third-order valence-electron chi connectivity index (χ3n) is 7.65. The maximum absolute atomic E-state index is 14.0. The SMILES string of the molecule is CC1(CCCC2CCCCC2)C(=O)C(C2=NS(O)(O)c3ccccc3N2)=C(O)c2ccccc21.[H-].[Na+]. The van der Waals surface area contributed by atoms with Crippen molar-refractivity contribution in [2.75, 3.05) is 5.32 Å². The number of Topliss-reactive ketones (excluding diaryl/α,β-unsaturated/α-hetero) is 1. The van der Waals surface area contributed by atoms with Crippen LogP contribution >= 0.6 is 10.8 Å². The van der Waals surface area contributed by atoms with Crippen LogP contribution in [0, 0.1) is 5.92 Å².